The molecule has 7 nitrogen and oxygen atoms in total. The Balaban J connectivity index is 2.22. The lowest BCUT2D eigenvalue weighted by Gasteiger charge is -2.26. The summed E-state index contributed by atoms with van der Waals surface area (Å²) in [6.45, 7) is 0.698. The molecule has 0 spiro atoms. The molecule has 0 radical (unpaired) electrons. The molecule has 0 aliphatic heterocycles. The fraction of sp³-hybridized carbons (Fsp3) is 0.333. The van der Waals surface area contributed by atoms with Gasteiger partial charge in [0.05, 0.1) is 10.9 Å². The van der Waals surface area contributed by atoms with E-state index in [1.54, 1.807) is 12.1 Å². The third-order valence-electron chi connectivity index (χ3n) is 4.39. The molecule has 2 atom stereocenters. The molecule has 1 amide bonds. The molecule has 0 aliphatic carbocycles. The molecule has 2 aromatic carbocycles. The Bertz CT molecular complexity index is 1030. The van der Waals surface area contributed by atoms with Crippen LogP contribution in [-0.2, 0) is 30.7 Å². The predicted octanol–water partition coefficient (Wildman–Crippen LogP) is 4.05. The number of alkyl halides is 3. The number of aryl methyl sites for hydroxylation is 1. The van der Waals surface area contributed by atoms with E-state index < -0.39 is 45.6 Å². The van der Waals surface area contributed by atoms with E-state index >= 15 is 0 Å². The number of amides is 1. The first kappa shape index (κ1) is 25.9. The van der Waals surface area contributed by atoms with Crippen molar-refractivity contribution in [2.45, 2.75) is 35.4 Å². The zero-order chi connectivity index (χ0) is 23.9. The van der Waals surface area contributed by atoms with Crippen LogP contribution < -0.4 is 5.32 Å². The van der Waals surface area contributed by atoms with Gasteiger partial charge < -0.3 is 14.8 Å². The normalized spacial score (nSPS) is 13.3. The molecule has 2 rings (SSSR count). The Morgan fingerprint density at radius 2 is 1.66 bits per heavy atom. The quantitative estimate of drug-likeness (QED) is 0.407. The Kier molecular flexibility index (Phi) is 9.30. The summed E-state index contributed by atoms with van der Waals surface area (Å²) in [5.41, 5.74) is 1.98. The number of nitrogens with one attached hydrogen (secondary N) is 1. The van der Waals surface area contributed by atoms with Crippen molar-refractivity contribution in [3.8, 4) is 0 Å². The van der Waals surface area contributed by atoms with E-state index in [1.165, 1.54) is 24.3 Å². The summed E-state index contributed by atoms with van der Waals surface area (Å²) in [6.07, 6.45) is -1.41. The van der Waals surface area contributed by atoms with Crippen LogP contribution in [-0.4, -0.2) is 44.3 Å². The van der Waals surface area contributed by atoms with Crippen molar-refractivity contribution in [3.63, 3.8) is 0 Å². The van der Waals surface area contributed by atoms with Crippen LogP contribution in [0.1, 0.15) is 22.8 Å². The van der Waals surface area contributed by atoms with E-state index in [2.05, 4.69) is 5.32 Å². The zero-order valence-corrected chi connectivity index (χ0v) is 19.6. The first-order valence-electron chi connectivity index (χ1n) is 9.34. The first-order chi connectivity index (χ1) is 15.0. The van der Waals surface area contributed by atoms with Crippen LogP contribution >= 0.6 is 23.2 Å². The molecule has 11 heteroatoms. The minimum Gasteiger partial charge on any atom is -0.429 e. The van der Waals surface area contributed by atoms with Gasteiger partial charge in [0.15, 0.2) is 20.8 Å². The van der Waals surface area contributed by atoms with Gasteiger partial charge in [0.25, 0.3) is 5.91 Å². The standard InChI is InChI=1S/C21H22Cl2FNO6S/c1-13-3-5-14(6-4-13)12-30-21(27)31-18(17(11-24)25-20(26)19(22)23)15-7-9-16(10-8-15)32(2,28)29/h3-10,17-19H,11-12H2,1-2H3,(H,25,26)/t17-,18-/m1/s1. The number of rotatable bonds is 9. The van der Waals surface area contributed by atoms with Gasteiger partial charge in [-0.05, 0) is 30.2 Å². The summed E-state index contributed by atoms with van der Waals surface area (Å²) in [5, 5.41) is 2.27. The lowest BCUT2D eigenvalue weighted by molar-refractivity contribution is -0.121. The number of hydrogen-bond acceptors (Lipinski definition) is 6. The van der Waals surface area contributed by atoms with Crippen LogP contribution in [0.25, 0.3) is 0 Å². The van der Waals surface area contributed by atoms with Gasteiger partial charge >= 0.3 is 6.16 Å². The SMILES string of the molecule is Cc1ccc(COC(=O)O[C@H](c2ccc(S(C)(=O)=O)cc2)[C@@H](CF)NC(=O)C(Cl)Cl)cc1. The average molecular weight is 506 g/mol. The van der Waals surface area contributed by atoms with Crippen LogP contribution in [0.5, 0.6) is 0 Å². The highest BCUT2D eigenvalue weighted by Crippen LogP contribution is 2.25. The summed E-state index contributed by atoms with van der Waals surface area (Å²) in [5.74, 6) is -0.884. The van der Waals surface area contributed by atoms with Crippen LogP contribution in [0.3, 0.4) is 0 Å². The number of benzene rings is 2. The summed E-state index contributed by atoms with van der Waals surface area (Å²) < 4.78 is 47.6. The summed E-state index contributed by atoms with van der Waals surface area (Å²) >= 11 is 11.0. The fourth-order valence-corrected chi connectivity index (χ4v) is 3.45. The van der Waals surface area contributed by atoms with E-state index in [9.17, 15) is 22.4 Å². The van der Waals surface area contributed by atoms with Gasteiger partial charge in [0.1, 0.15) is 13.3 Å². The van der Waals surface area contributed by atoms with E-state index in [0.717, 1.165) is 11.8 Å². The summed E-state index contributed by atoms with van der Waals surface area (Å²) in [6, 6.07) is 11.1. The minimum atomic E-state index is -3.48. The molecule has 0 saturated heterocycles. The van der Waals surface area contributed by atoms with Gasteiger partial charge in [-0.15, -0.1) is 0 Å². The predicted molar refractivity (Wildman–Crippen MR) is 118 cm³/mol. The van der Waals surface area contributed by atoms with Crippen molar-refractivity contribution < 1.29 is 31.9 Å². The molecule has 0 aromatic heterocycles. The highest BCUT2D eigenvalue weighted by molar-refractivity contribution is 7.90. The maximum atomic E-state index is 13.8. The molecular formula is C21H22Cl2FNO6S. The number of carbonyl (C=O) groups is 2. The minimum absolute atomic E-state index is 0.0179. The van der Waals surface area contributed by atoms with Crippen LogP contribution in [0.4, 0.5) is 9.18 Å². The van der Waals surface area contributed by atoms with Gasteiger partial charge in [0, 0.05) is 6.26 Å². The largest absolute Gasteiger partial charge is 0.509 e. The van der Waals surface area contributed by atoms with Crippen LogP contribution in [0, 0.1) is 6.92 Å². The Hall–Kier alpha value is -2.36. The van der Waals surface area contributed by atoms with E-state index in [1.807, 2.05) is 19.1 Å². The monoisotopic (exact) mass is 505 g/mol. The van der Waals surface area contributed by atoms with Gasteiger partial charge in [0.2, 0.25) is 0 Å². The van der Waals surface area contributed by atoms with Crippen molar-refractivity contribution >= 4 is 45.1 Å². The third-order valence-corrected chi connectivity index (χ3v) is 5.92. The van der Waals surface area contributed by atoms with Crippen molar-refractivity contribution in [3.05, 3.63) is 65.2 Å². The van der Waals surface area contributed by atoms with E-state index in [4.69, 9.17) is 32.7 Å². The molecule has 0 aliphatic rings. The molecule has 0 bridgehead atoms. The van der Waals surface area contributed by atoms with Gasteiger partial charge in [-0.2, -0.15) is 0 Å². The van der Waals surface area contributed by atoms with Gasteiger partial charge in [-0.25, -0.2) is 17.6 Å². The van der Waals surface area contributed by atoms with E-state index in [0.29, 0.717) is 5.56 Å². The lowest BCUT2D eigenvalue weighted by atomic mass is 10.0. The number of ether oxygens (including phenoxy) is 2. The third kappa shape index (κ3) is 7.65. The summed E-state index contributed by atoms with van der Waals surface area (Å²) in [7, 11) is -3.48. The second kappa shape index (κ2) is 11.5. The Morgan fingerprint density at radius 3 is 2.16 bits per heavy atom. The molecule has 0 fully saturated rings. The highest BCUT2D eigenvalue weighted by atomic mass is 35.5. The Labute approximate surface area is 195 Å². The number of carbonyl (C=O) groups excluding carboxylic acids is 2. The molecule has 2 aromatic rings. The Morgan fingerprint density at radius 1 is 1.06 bits per heavy atom. The molecule has 0 heterocycles. The highest BCUT2D eigenvalue weighted by Gasteiger charge is 2.31. The molecule has 1 N–H and O–H groups in total. The topological polar surface area (TPSA) is 98.8 Å². The molecule has 0 saturated carbocycles. The van der Waals surface area contributed by atoms with Gasteiger partial charge in [-0.1, -0.05) is 65.2 Å². The maximum Gasteiger partial charge on any atom is 0.509 e. The smallest absolute Gasteiger partial charge is 0.429 e. The van der Waals surface area contributed by atoms with Crippen molar-refractivity contribution in [2.75, 3.05) is 12.9 Å². The van der Waals surface area contributed by atoms with E-state index in [-0.39, 0.29) is 17.1 Å². The number of sulfone groups is 1. The fourth-order valence-electron chi connectivity index (χ4n) is 2.69. The van der Waals surface area contributed by atoms with Crippen molar-refractivity contribution in [2.24, 2.45) is 0 Å². The number of hydrogen-bond donors (Lipinski definition) is 1. The average Bonchev–Trinajstić information content (AvgIpc) is 2.75. The zero-order valence-electron chi connectivity index (χ0n) is 17.3. The van der Waals surface area contributed by atoms with Crippen molar-refractivity contribution in [1.29, 1.82) is 0 Å². The number of halogens is 3. The second-order valence-corrected chi connectivity index (χ2v) is 10.1. The van der Waals surface area contributed by atoms with Crippen molar-refractivity contribution in [1.82, 2.24) is 5.32 Å². The van der Waals surface area contributed by atoms with Crippen LogP contribution in [0.2, 0.25) is 0 Å². The molecule has 32 heavy (non-hydrogen) atoms. The molecule has 174 valence electrons. The summed E-state index contributed by atoms with van der Waals surface area (Å²) in [4.78, 5) is 22.7. The molecule has 0 unspecified atom stereocenters. The maximum absolute atomic E-state index is 13.8. The lowest BCUT2D eigenvalue weighted by Crippen LogP contribution is -2.44. The first-order valence-corrected chi connectivity index (χ1v) is 12.1. The van der Waals surface area contributed by atoms with Crippen LogP contribution in [0.15, 0.2) is 53.4 Å². The second-order valence-electron chi connectivity index (χ2n) is 6.97. The van der Waals surface area contributed by atoms with Gasteiger partial charge in [-0.3, -0.25) is 4.79 Å². The molecular weight excluding hydrogens is 484 g/mol.